The van der Waals surface area contributed by atoms with Gasteiger partial charge in [-0.25, -0.2) is 4.39 Å². The van der Waals surface area contributed by atoms with Crippen LogP contribution in [0.25, 0.3) is 0 Å². The molecule has 0 radical (unpaired) electrons. The van der Waals surface area contributed by atoms with Crippen molar-refractivity contribution in [2.45, 2.75) is 38.3 Å². The highest BCUT2D eigenvalue weighted by atomic mass is 19.1. The molecule has 7 heteroatoms. The van der Waals surface area contributed by atoms with Crippen molar-refractivity contribution >= 4 is 5.91 Å². The zero-order valence-corrected chi connectivity index (χ0v) is 15.8. The Morgan fingerprint density at radius 3 is 2.76 bits per heavy atom. The van der Waals surface area contributed by atoms with Gasteiger partial charge in [0.1, 0.15) is 5.82 Å². The van der Waals surface area contributed by atoms with E-state index in [1.165, 1.54) is 12.1 Å². The van der Waals surface area contributed by atoms with E-state index in [9.17, 15) is 14.0 Å². The van der Waals surface area contributed by atoms with Crippen molar-refractivity contribution in [3.05, 3.63) is 93.7 Å². The minimum Gasteiger partial charge on any atom is -0.353 e. The molecule has 0 fully saturated rings. The van der Waals surface area contributed by atoms with E-state index in [4.69, 9.17) is 0 Å². The normalized spacial score (nSPS) is 15.6. The third-order valence-corrected chi connectivity index (χ3v) is 5.17. The third-order valence-electron chi connectivity index (χ3n) is 5.17. The highest BCUT2D eigenvalue weighted by Crippen LogP contribution is 2.21. The highest BCUT2D eigenvalue weighted by Gasteiger charge is 2.23. The van der Waals surface area contributed by atoms with Crippen LogP contribution in [0.1, 0.15) is 28.9 Å². The first-order chi connectivity index (χ1) is 14.1. The summed E-state index contributed by atoms with van der Waals surface area (Å²) in [5.74, 6) is -0.557. The van der Waals surface area contributed by atoms with E-state index >= 15 is 0 Å². The lowest BCUT2D eigenvalue weighted by Crippen LogP contribution is -2.41. The number of pyridine rings is 3. The first kappa shape index (κ1) is 19.0. The van der Waals surface area contributed by atoms with Gasteiger partial charge in [-0.3, -0.25) is 19.6 Å². The Balaban J connectivity index is 1.44. The molecule has 0 aliphatic heterocycles. The van der Waals surface area contributed by atoms with Crippen LogP contribution in [0.4, 0.5) is 4.39 Å². The summed E-state index contributed by atoms with van der Waals surface area (Å²) in [5.41, 5.74) is 3.64. The van der Waals surface area contributed by atoms with E-state index in [-0.39, 0.29) is 23.9 Å². The van der Waals surface area contributed by atoms with Crippen LogP contribution in [-0.2, 0) is 30.6 Å². The van der Waals surface area contributed by atoms with Crippen molar-refractivity contribution in [3.8, 4) is 0 Å². The summed E-state index contributed by atoms with van der Waals surface area (Å²) in [7, 11) is 0. The molecule has 1 N–H and O–H groups in total. The summed E-state index contributed by atoms with van der Waals surface area (Å²) in [6, 6.07) is 10.1. The van der Waals surface area contributed by atoms with E-state index in [1.807, 2.05) is 22.8 Å². The van der Waals surface area contributed by atoms with Crippen LogP contribution >= 0.6 is 0 Å². The molecule has 1 unspecified atom stereocenters. The second-order valence-corrected chi connectivity index (χ2v) is 7.24. The molecule has 3 aromatic rings. The molecule has 4 rings (SSSR count). The molecule has 0 bridgehead atoms. The molecule has 0 aromatic carbocycles. The summed E-state index contributed by atoms with van der Waals surface area (Å²) in [6.07, 6.45) is 6.82. The zero-order chi connectivity index (χ0) is 20.2. The van der Waals surface area contributed by atoms with Gasteiger partial charge < -0.3 is 9.88 Å². The van der Waals surface area contributed by atoms with Gasteiger partial charge in [0.05, 0.1) is 19.2 Å². The lowest BCUT2D eigenvalue weighted by atomic mass is 9.91. The SMILES string of the molecule is O=C(Cc1ccc(F)cn1)NC1CCc2c(ccc(=O)n2Cc2ccncc2)C1. The molecule has 3 aromatic heterocycles. The van der Waals surface area contributed by atoms with Gasteiger partial charge in [0.25, 0.3) is 5.56 Å². The predicted molar refractivity (Wildman–Crippen MR) is 106 cm³/mol. The van der Waals surface area contributed by atoms with Gasteiger partial charge in [0.15, 0.2) is 0 Å². The second kappa shape index (κ2) is 8.34. The van der Waals surface area contributed by atoms with Gasteiger partial charge in [0.2, 0.25) is 5.91 Å². The van der Waals surface area contributed by atoms with Gasteiger partial charge in [-0.2, -0.15) is 0 Å². The smallest absolute Gasteiger partial charge is 0.251 e. The Bertz CT molecular complexity index is 1060. The number of carbonyl (C=O) groups is 1. The number of aromatic nitrogens is 3. The molecule has 0 saturated heterocycles. The van der Waals surface area contributed by atoms with Crippen LogP contribution in [0.15, 0.2) is 59.8 Å². The number of nitrogens with zero attached hydrogens (tertiary/aromatic N) is 3. The van der Waals surface area contributed by atoms with Gasteiger partial charge in [-0.1, -0.05) is 6.07 Å². The minimum atomic E-state index is -0.421. The van der Waals surface area contributed by atoms with Gasteiger partial charge >= 0.3 is 0 Å². The predicted octanol–water partition coefficient (Wildman–Crippen LogP) is 2.04. The Kier molecular flexibility index (Phi) is 5.46. The molecule has 1 atom stereocenters. The number of halogens is 1. The van der Waals surface area contributed by atoms with Crippen molar-refractivity contribution in [2.24, 2.45) is 0 Å². The van der Waals surface area contributed by atoms with Crippen molar-refractivity contribution < 1.29 is 9.18 Å². The monoisotopic (exact) mass is 392 g/mol. The molecule has 0 spiro atoms. The molecule has 1 aliphatic rings. The summed E-state index contributed by atoms with van der Waals surface area (Å²) in [4.78, 5) is 32.7. The number of carbonyl (C=O) groups excluding carboxylic acids is 1. The average molecular weight is 392 g/mol. The maximum atomic E-state index is 12.9. The van der Waals surface area contributed by atoms with Gasteiger partial charge in [-0.15, -0.1) is 0 Å². The van der Waals surface area contributed by atoms with Crippen LogP contribution in [-0.4, -0.2) is 26.5 Å². The highest BCUT2D eigenvalue weighted by molar-refractivity contribution is 5.78. The van der Waals surface area contributed by atoms with Gasteiger partial charge in [0, 0.05) is 35.9 Å². The second-order valence-electron chi connectivity index (χ2n) is 7.24. The van der Waals surface area contributed by atoms with Crippen LogP contribution in [0.2, 0.25) is 0 Å². The standard InChI is InChI=1S/C22H21FN4O2/c23-17-2-3-18(25-13-17)12-21(28)26-19-4-5-20-16(11-19)1-6-22(29)27(20)14-15-7-9-24-10-8-15/h1-3,6-10,13,19H,4-5,11-12,14H2,(H,26,28). The summed E-state index contributed by atoms with van der Waals surface area (Å²) in [5, 5.41) is 3.04. The molecule has 29 heavy (non-hydrogen) atoms. The minimum absolute atomic E-state index is 0.00215. The first-order valence-corrected chi connectivity index (χ1v) is 9.59. The zero-order valence-electron chi connectivity index (χ0n) is 15.8. The van der Waals surface area contributed by atoms with E-state index in [0.29, 0.717) is 18.7 Å². The van der Waals surface area contributed by atoms with Crippen LogP contribution < -0.4 is 10.9 Å². The maximum Gasteiger partial charge on any atom is 0.251 e. The molecular formula is C22H21FN4O2. The van der Waals surface area contributed by atoms with E-state index in [2.05, 4.69) is 15.3 Å². The van der Waals surface area contributed by atoms with Crippen LogP contribution in [0, 0.1) is 5.82 Å². The number of rotatable bonds is 5. The molecule has 3 heterocycles. The van der Waals surface area contributed by atoms with Crippen LogP contribution in [0.3, 0.4) is 0 Å². The molecule has 148 valence electrons. The third kappa shape index (κ3) is 4.56. The number of nitrogens with one attached hydrogen (secondary N) is 1. The van der Waals surface area contributed by atoms with Crippen molar-refractivity contribution in [3.63, 3.8) is 0 Å². The maximum absolute atomic E-state index is 12.9. The molecule has 1 aliphatic carbocycles. The fourth-order valence-corrected chi connectivity index (χ4v) is 3.75. The van der Waals surface area contributed by atoms with Crippen molar-refractivity contribution in [1.82, 2.24) is 19.9 Å². The molecule has 0 saturated carbocycles. The lowest BCUT2D eigenvalue weighted by molar-refractivity contribution is -0.121. The summed E-state index contributed by atoms with van der Waals surface area (Å²) in [6.45, 7) is 0.512. The topological polar surface area (TPSA) is 76.9 Å². The first-order valence-electron chi connectivity index (χ1n) is 9.59. The molecular weight excluding hydrogens is 371 g/mol. The lowest BCUT2D eigenvalue weighted by Gasteiger charge is -2.27. The number of amides is 1. The Morgan fingerprint density at radius 1 is 1.17 bits per heavy atom. The quantitative estimate of drug-likeness (QED) is 0.721. The Labute approximate surface area is 167 Å². The average Bonchev–Trinajstić information content (AvgIpc) is 2.72. The number of fused-ring (bicyclic) bond motifs is 1. The van der Waals surface area contributed by atoms with E-state index < -0.39 is 5.82 Å². The molecule has 6 nitrogen and oxygen atoms in total. The number of hydrogen-bond acceptors (Lipinski definition) is 4. The Morgan fingerprint density at radius 2 is 2.00 bits per heavy atom. The fourth-order valence-electron chi connectivity index (χ4n) is 3.75. The summed E-state index contributed by atoms with van der Waals surface area (Å²) < 4.78 is 14.8. The van der Waals surface area contributed by atoms with E-state index in [1.54, 1.807) is 18.5 Å². The number of hydrogen-bond donors (Lipinski definition) is 1. The fraction of sp³-hybridized carbons (Fsp3) is 0.273. The Hall–Kier alpha value is -3.35. The van der Waals surface area contributed by atoms with E-state index in [0.717, 1.165) is 35.9 Å². The van der Waals surface area contributed by atoms with Gasteiger partial charge in [-0.05, 0) is 54.7 Å². The largest absolute Gasteiger partial charge is 0.353 e. The summed E-state index contributed by atoms with van der Waals surface area (Å²) >= 11 is 0. The van der Waals surface area contributed by atoms with Crippen molar-refractivity contribution in [2.75, 3.05) is 0 Å². The van der Waals surface area contributed by atoms with Crippen molar-refractivity contribution in [1.29, 1.82) is 0 Å². The van der Waals surface area contributed by atoms with Crippen LogP contribution in [0.5, 0.6) is 0 Å². The molecule has 1 amide bonds.